The fourth-order valence-electron chi connectivity index (χ4n) is 2.10. The maximum Gasteiger partial charge on any atom is 0.132 e. The van der Waals surface area contributed by atoms with E-state index in [4.69, 9.17) is 5.73 Å². The van der Waals surface area contributed by atoms with E-state index in [2.05, 4.69) is 23.0 Å². The highest BCUT2D eigenvalue weighted by atomic mass is 14.9. The molecule has 1 aromatic rings. The van der Waals surface area contributed by atoms with Crippen molar-refractivity contribution in [2.75, 3.05) is 0 Å². The van der Waals surface area contributed by atoms with Crippen LogP contribution >= 0.6 is 0 Å². The van der Waals surface area contributed by atoms with Crippen LogP contribution in [0.25, 0.3) is 0 Å². The molecule has 0 aromatic carbocycles. The lowest BCUT2D eigenvalue weighted by atomic mass is 9.80. The summed E-state index contributed by atoms with van der Waals surface area (Å²) in [5.74, 6) is 1.52. The standard InChI is InChI=1S/C12H19N3/c1-3-4-11-5-8(2)14-12(15-11)9-6-10(13)7-9/h5,9-10H,3-4,6-7,13H2,1-2H3. The van der Waals surface area contributed by atoms with Crippen LogP contribution in [-0.2, 0) is 6.42 Å². The first-order chi connectivity index (χ1) is 7.19. The van der Waals surface area contributed by atoms with E-state index in [1.54, 1.807) is 0 Å². The summed E-state index contributed by atoms with van der Waals surface area (Å²) < 4.78 is 0. The van der Waals surface area contributed by atoms with Gasteiger partial charge in [-0.2, -0.15) is 0 Å². The molecule has 15 heavy (non-hydrogen) atoms. The highest BCUT2D eigenvalue weighted by Gasteiger charge is 2.29. The minimum absolute atomic E-state index is 0.369. The van der Waals surface area contributed by atoms with Gasteiger partial charge >= 0.3 is 0 Å². The first-order valence-electron chi connectivity index (χ1n) is 5.79. The molecule has 0 aliphatic heterocycles. The average Bonchev–Trinajstić information content (AvgIpc) is 2.12. The largest absolute Gasteiger partial charge is 0.328 e. The lowest BCUT2D eigenvalue weighted by Crippen LogP contribution is -2.35. The Morgan fingerprint density at radius 1 is 1.40 bits per heavy atom. The van der Waals surface area contributed by atoms with Crippen LogP contribution in [0.2, 0.25) is 0 Å². The van der Waals surface area contributed by atoms with Crippen LogP contribution in [0.1, 0.15) is 49.3 Å². The van der Waals surface area contributed by atoms with Gasteiger partial charge in [-0.15, -0.1) is 0 Å². The normalized spacial score (nSPS) is 25.0. The zero-order chi connectivity index (χ0) is 10.8. The second-order valence-corrected chi connectivity index (χ2v) is 4.54. The molecule has 0 bridgehead atoms. The van der Waals surface area contributed by atoms with Gasteiger partial charge in [0.1, 0.15) is 5.82 Å². The minimum atomic E-state index is 0.369. The van der Waals surface area contributed by atoms with Crippen molar-refractivity contribution >= 4 is 0 Å². The van der Waals surface area contributed by atoms with Gasteiger partial charge in [-0.25, -0.2) is 9.97 Å². The lowest BCUT2D eigenvalue weighted by Gasteiger charge is -2.31. The number of hydrogen-bond donors (Lipinski definition) is 1. The van der Waals surface area contributed by atoms with Gasteiger partial charge in [0.2, 0.25) is 0 Å². The maximum absolute atomic E-state index is 5.79. The molecular formula is C12H19N3. The second-order valence-electron chi connectivity index (χ2n) is 4.54. The first-order valence-corrected chi connectivity index (χ1v) is 5.79. The lowest BCUT2D eigenvalue weighted by molar-refractivity contribution is 0.337. The highest BCUT2D eigenvalue weighted by molar-refractivity contribution is 5.14. The molecule has 0 spiro atoms. The molecule has 0 radical (unpaired) electrons. The third kappa shape index (κ3) is 2.34. The van der Waals surface area contributed by atoms with Crippen molar-refractivity contribution in [1.29, 1.82) is 0 Å². The molecule has 0 atom stereocenters. The van der Waals surface area contributed by atoms with Crippen LogP contribution in [-0.4, -0.2) is 16.0 Å². The van der Waals surface area contributed by atoms with Crippen LogP contribution < -0.4 is 5.73 Å². The Balaban J connectivity index is 2.16. The van der Waals surface area contributed by atoms with E-state index >= 15 is 0 Å². The molecule has 3 nitrogen and oxygen atoms in total. The Hall–Kier alpha value is -0.960. The molecular weight excluding hydrogens is 186 g/mol. The Morgan fingerprint density at radius 3 is 2.73 bits per heavy atom. The van der Waals surface area contributed by atoms with Crippen LogP contribution in [0, 0.1) is 6.92 Å². The van der Waals surface area contributed by atoms with Gasteiger partial charge in [-0.3, -0.25) is 0 Å². The van der Waals surface area contributed by atoms with Gasteiger partial charge in [0.15, 0.2) is 0 Å². The summed E-state index contributed by atoms with van der Waals surface area (Å²) in [4.78, 5) is 9.12. The van der Waals surface area contributed by atoms with Gasteiger partial charge in [0.25, 0.3) is 0 Å². The van der Waals surface area contributed by atoms with Gasteiger partial charge in [0.05, 0.1) is 0 Å². The Morgan fingerprint density at radius 2 is 2.13 bits per heavy atom. The Labute approximate surface area is 91.1 Å². The van der Waals surface area contributed by atoms with E-state index in [1.807, 2.05) is 6.92 Å². The molecule has 2 N–H and O–H groups in total. The quantitative estimate of drug-likeness (QED) is 0.820. The van der Waals surface area contributed by atoms with Crippen molar-refractivity contribution in [2.45, 2.75) is 51.5 Å². The zero-order valence-electron chi connectivity index (χ0n) is 9.53. The summed E-state index contributed by atoms with van der Waals surface area (Å²) in [6.45, 7) is 4.22. The number of nitrogens with two attached hydrogens (primary N) is 1. The topological polar surface area (TPSA) is 51.8 Å². The number of aromatic nitrogens is 2. The van der Waals surface area contributed by atoms with Crippen LogP contribution in [0.4, 0.5) is 0 Å². The summed E-state index contributed by atoms with van der Waals surface area (Å²) in [5.41, 5.74) is 8.05. The third-order valence-electron chi connectivity index (χ3n) is 2.97. The molecule has 0 saturated heterocycles. The van der Waals surface area contributed by atoms with E-state index in [-0.39, 0.29) is 0 Å². The zero-order valence-corrected chi connectivity index (χ0v) is 9.53. The van der Waals surface area contributed by atoms with Crippen LogP contribution in [0.3, 0.4) is 0 Å². The summed E-state index contributed by atoms with van der Waals surface area (Å²) in [6.07, 6.45) is 4.29. The van der Waals surface area contributed by atoms with Crippen molar-refractivity contribution in [3.63, 3.8) is 0 Å². The fourth-order valence-corrected chi connectivity index (χ4v) is 2.10. The molecule has 1 aliphatic carbocycles. The molecule has 0 unspecified atom stereocenters. The van der Waals surface area contributed by atoms with Crippen molar-refractivity contribution in [3.8, 4) is 0 Å². The third-order valence-corrected chi connectivity index (χ3v) is 2.97. The molecule has 0 amide bonds. The predicted molar refractivity (Wildman–Crippen MR) is 60.7 cm³/mol. The van der Waals surface area contributed by atoms with Gasteiger partial charge in [-0.1, -0.05) is 13.3 Å². The first kappa shape index (κ1) is 10.6. The summed E-state index contributed by atoms with van der Waals surface area (Å²) in [5, 5.41) is 0. The predicted octanol–water partition coefficient (Wildman–Crippen LogP) is 1.94. The molecule has 1 aliphatic rings. The van der Waals surface area contributed by atoms with Crippen LogP contribution in [0.5, 0.6) is 0 Å². The highest BCUT2D eigenvalue weighted by Crippen LogP contribution is 2.33. The number of aryl methyl sites for hydroxylation is 2. The summed E-state index contributed by atoms with van der Waals surface area (Å²) in [7, 11) is 0. The van der Waals surface area contributed by atoms with Crippen molar-refractivity contribution < 1.29 is 0 Å². The van der Waals surface area contributed by atoms with E-state index in [0.29, 0.717) is 12.0 Å². The van der Waals surface area contributed by atoms with Gasteiger partial charge < -0.3 is 5.73 Å². The SMILES string of the molecule is CCCc1cc(C)nc(C2CC(N)C2)n1. The van der Waals surface area contributed by atoms with E-state index in [9.17, 15) is 0 Å². The minimum Gasteiger partial charge on any atom is -0.328 e. The molecule has 1 heterocycles. The molecule has 1 fully saturated rings. The molecule has 3 heteroatoms. The molecule has 1 saturated carbocycles. The number of nitrogens with zero attached hydrogens (tertiary/aromatic N) is 2. The molecule has 82 valence electrons. The number of hydrogen-bond acceptors (Lipinski definition) is 3. The average molecular weight is 205 g/mol. The van der Waals surface area contributed by atoms with Crippen molar-refractivity contribution in [3.05, 3.63) is 23.3 Å². The van der Waals surface area contributed by atoms with E-state index in [0.717, 1.165) is 37.2 Å². The van der Waals surface area contributed by atoms with E-state index < -0.39 is 0 Å². The van der Waals surface area contributed by atoms with Gasteiger partial charge in [0, 0.05) is 23.3 Å². The van der Waals surface area contributed by atoms with E-state index in [1.165, 1.54) is 5.69 Å². The second kappa shape index (κ2) is 4.27. The maximum atomic E-state index is 5.79. The van der Waals surface area contributed by atoms with Gasteiger partial charge in [-0.05, 0) is 32.3 Å². The Bertz CT molecular complexity index is 343. The van der Waals surface area contributed by atoms with Crippen molar-refractivity contribution in [2.24, 2.45) is 5.73 Å². The molecule has 2 rings (SSSR count). The monoisotopic (exact) mass is 205 g/mol. The fraction of sp³-hybridized carbons (Fsp3) is 0.667. The smallest absolute Gasteiger partial charge is 0.132 e. The number of rotatable bonds is 3. The molecule has 1 aromatic heterocycles. The van der Waals surface area contributed by atoms with Crippen molar-refractivity contribution in [1.82, 2.24) is 9.97 Å². The summed E-state index contributed by atoms with van der Waals surface area (Å²) >= 11 is 0. The Kier molecular flexibility index (Phi) is 3.00. The summed E-state index contributed by atoms with van der Waals surface area (Å²) in [6, 6.07) is 2.46. The van der Waals surface area contributed by atoms with Crippen LogP contribution in [0.15, 0.2) is 6.07 Å².